The van der Waals surface area contributed by atoms with Crippen molar-refractivity contribution in [2.75, 3.05) is 0 Å². The number of rotatable bonds is 2. The molecule has 0 aromatic rings. The Balaban J connectivity index is 2.79. The van der Waals surface area contributed by atoms with Crippen LogP contribution >= 0.6 is 22.2 Å². The van der Waals surface area contributed by atoms with E-state index < -0.39 is 7.42 Å². The van der Waals surface area contributed by atoms with E-state index in [-0.39, 0.29) is 5.04 Å². The molecule has 0 heterocycles. The van der Waals surface area contributed by atoms with Crippen LogP contribution in [0.4, 0.5) is 0 Å². The average molecular weight is 245 g/mol. The van der Waals surface area contributed by atoms with Crippen molar-refractivity contribution in [2.24, 2.45) is 0 Å². The van der Waals surface area contributed by atoms with E-state index in [1.165, 1.54) is 0 Å². The molecule has 0 aromatic heterocycles. The number of halogens is 2. The summed E-state index contributed by atoms with van der Waals surface area (Å²) in [5.41, 5.74) is 0. The first-order valence-electron chi connectivity index (χ1n) is 4.84. The van der Waals surface area contributed by atoms with Crippen LogP contribution < -0.4 is 0 Å². The van der Waals surface area contributed by atoms with Crippen molar-refractivity contribution in [3.05, 3.63) is 24.3 Å². The molecule has 0 radical (unpaired) electrons. The van der Waals surface area contributed by atoms with Crippen molar-refractivity contribution in [3.8, 4) is 11.8 Å². The number of hydrogen-bond donors (Lipinski definition) is 0. The van der Waals surface area contributed by atoms with Gasteiger partial charge < -0.3 is 0 Å². The number of unbranched alkanes of at least 4 members (excludes halogenated alkanes) is 1. The molecule has 1 unspecified atom stereocenters. The molecule has 0 N–H and O–H groups in total. The van der Waals surface area contributed by atoms with E-state index in [2.05, 4.69) is 30.9 Å². The fourth-order valence-electron chi connectivity index (χ4n) is 1.30. The Morgan fingerprint density at radius 2 is 2.21 bits per heavy atom. The van der Waals surface area contributed by atoms with Gasteiger partial charge in [0, 0.05) is 6.42 Å². The molecule has 0 bridgehead atoms. The molecule has 0 amide bonds. The second kappa shape index (κ2) is 5.65. The van der Waals surface area contributed by atoms with Crippen LogP contribution in [-0.4, -0.2) is 7.42 Å². The first-order chi connectivity index (χ1) is 6.71. The van der Waals surface area contributed by atoms with Crippen molar-refractivity contribution in [2.45, 2.75) is 31.2 Å². The van der Waals surface area contributed by atoms with E-state index in [0.717, 1.165) is 19.3 Å². The lowest BCUT2D eigenvalue weighted by atomic mass is 10.00. The van der Waals surface area contributed by atoms with Gasteiger partial charge in [0.05, 0.1) is 5.04 Å². The number of hydrogen-bond acceptors (Lipinski definition) is 0. The van der Waals surface area contributed by atoms with Crippen LogP contribution in [0.15, 0.2) is 24.3 Å². The van der Waals surface area contributed by atoms with Crippen LogP contribution in [0, 0.1) is 11.8 Å². The molecular formula is C11H14Cl2Si. The van der Waals surface area contributed by atoms with E-state index >= 15 is 0 Å². The Morgan fingerprint density at radius 3 is 2.71 bits per heavy atom. The minimum atomic E-state index is -1.80. The van der Waals surface area contributed by atoms with E-state index in [4.69, 9.17) is 22.2 Å². The molecular weight excluding hydrogens is 231 g/mol. The molecule has 1 rings (SSSR count). The van der Waals surface area contributed by atoms with Crippen molar-refractivity contribution in [1.29, 1.82) is 0 Å². The molecule has 76 valence electrons. The van der Waals surface area contributed by atoms with Gasteiger partial charge in [0.1, 0.15) is 0 Å². The van der Waals surface area contributed by atoms with Crippen molar-refractivity contribution in [1.82, 2.24) is 0 Å². The summed E-state index contributed by atoms with van der Waals surface area (Å²) >= 11 is 12.2. The summed E-state index contributed by atoms with van der Waals surface area (Å²) in [6.07, 6.45) is 11.0. The van der Waals surface area contributed by atoms with Gasteiger partial charge in [-0.05, 0) is 12.8 Å². The lowest BCUT2D eigenvalue weighted by molar-refractivity contribution is 0.865. The molecule has 1 atom stereocenters. The quantitative estimate of drug-likeness (QED) is 0.395. The second-order valence-corrected chi connectivity index (χ2v) is 8.30. The fraction of sp³-hybridized carbons (Fsp3) is 0.455. The topological polar surface area (TPSA) is 0 Å². The summed E-state index contributed by atoms with van der Waals surface area (Å²) < 4.78 is 0. The van der Waals surface area contributed by atoms with Gasteiger partial charge in [-0.1, -0.05) is 37.1 Å². The Bertz CT molecular complexity index is 296. The highest BCUT2D eigenvalue weighted by Gasteiger charge is 2.34. The Labute approximate surface area is 97.0 Å². The first kappa shape index (κ1) is 11.9. The zero-order valence-corrected chi connectivity index (χ0v) is 10.9. The Kier molecular flexibility index (Phi) is 4.81. The Morgan fingerprint density at radius 1 is 1.43 bits per heavy atom. The maximum atomic E-state index is 6.11. The van der Waals surface area contributed by atoms with Crippen molar-refractivity contribution in [3.63, 3.8) is 0 Å². The van der Waals surface area contributed by atoms with Crippen LogP contribution in [0.5, 0.6) is 0 Å². The van der Waals surface area contributed by atoms with E-state index in [0.29, 0.717) is 0 Å². The van der Waals surface area contributed by atoms with Crippen LogP contribution in [0.1, 0.15) is 26.2 Å². The monoisotopic (exact) mass is 244 g/mol. The minimum absolute atomic E-state index is 0.229. The molecule has 1 aliphatic rings. The van der Waals surface area contributed by atoms with Gasteiger partial charge in [-0.15, -0.1) is 28.1 Å². The molecule has 1 aliphatic carbocycles. The summed E-state index contributed by atoms with van der Waals surface area (Å²) in [6, 6.07) is 0. The van der Waals surface area contributed by atoms with E-state index in [9.17, 15) is 0 Å². The molecule has 0 saturated heterocycles. The van der Waals surface area contributed by atoms with Gasteiger partial charge in [-0.2, -0.15) is 0 Å². The molecule has 0 aliphatic heterocycles. The summed E-state index contributed by atoms with van der Waals surface area (Å²) in [7, 11) is -1.80. The molecule has 0 spiro atoms. The maximum Gasteiger partial charge on any atom is 0.258 e. The zero-order valence-electron chi connectivity index (χ0n) is 8.26. The molecule has 0 saturated carbocycles. The second-order valence-electron chi connectivity index (χ2n) is 3.38. The van der Waals surface area contributed by atoms with Gasteiger partial charge in [0.15, 0.2) is 0 Å². The van der Waals surface area contributed by atoms with Gasteiger partial charge in [-0.25, -0.2) is 0 Å². The highest BCUT2D eigenvalue weighted by atomic mass is 35.7. The smallest absolute Gasteiger partial charge is 0.148 e. The van der Waals surface area contributed by atoms with Crippen LogP contribution in [-0.2, 0) is 0 Å². The van der Waals surface area contributed by atoms with Gasteiger partial charge in [0.2, 0.25) is 0 Å². The maximum absolute atomic E-state index is 6.11. The van der Waals surface area contributed by atoms with Crippen LogP contribution in [0.25, 0.3) is 0 Å². The molecule has 0 fully saturated rings. The SMILES string of the molecule is CCCC#CC1([SiH](Cl)Cl)C=CC=CC1. The third-order valence-electron chi connectivity index (χ3n) is 2.18. The van der Waals surface area contributed by atoms with E-state index in [1.54, 1.807) is 0 Å². The molecule has 3 heteroatoms. The predicted octanol–water partition coefficient (Wildman–Crippen LogP) is 3.74. The molecule has 14 heavy (non-hydrogen) atoms. The average Bonchev–Trinajstić information content (AvgIpc) is 2.19. The molecule has 0 nitrogen and oxygen atoms in total. The first-order valence-corrected chi connectivity index (χ1v) is 8.91. The summed E-state index contributed by atoms with van der Waals surface area (Å²) in [5.74, 6) is 6.40. The summed E-state index contributed by atoms with van der Waals surface area (Å²) in [6.45, 7) is 2.12. The van der Waals surface area contributed by atoms with Crippen LogP contribution in [0.3, 0.4) is 0 Å². The number of allylic oxidation sites excluding steroid dienone is 4. The zero-order chi connectivity index (χ0) is 10.4. The van der Waals surface area contributed by atoms with Gasteiger partial charge >= 0.3 is 0 Å². The third-order valence-corrected chi connectivity index (χ3v) is 5.87. The third kappa shape index (κ3) is 2.92. The minimum Gasteiger partial charge on any atom is -0.148 e. The molecule has 0 aromatic carbocycles. The predicted molar refractivity (Wildman–Crippen MR) is 67.1 cm³/mol. The lowest BCUT2D eigenvalue weighted by Gasteiger charge is -2.25. The van der Waals surface area contributed by atoms with Crippen molar-refractivity contribution >= 4 is 29.6 Å². The summed E-state index contributed by atoms with van der Waals surface area (Å²) in [4.78, 5) is 0. The van der Waals surface area contributed by atoms with Crippen molar-refractivity contribution < 1.29 is 0 Å². The largest absolute Gasteiger partial charge is 0.258 e. The Hall–Kier alpha value is -0.163. The normalized spacial score (nSPS) is 24.9. The van der Waals surface area contributed by atoms with Gasteiger partial charge in [0.25, 0.3) is 7.42 Å². The lowest BCUT2D eigenvalue weighted by Crippen LogP contribution is -2.20. The van der Waals surface area contributed by atoms with Crippen LogP contribution in [0.2, 0.25) is 5.04 Å². The fourth-order valence-corrected chi connectivity index (χ4v) is 3.38. The van der Waals surface area contributed by atoms with E-state index in [1.807, 2.05) is 12.2 Å². The highest BCUT2D eigenvalue weighted by Crippen LogP contribution is 2.41. The summed E-state index contributed by atoms with van der Waals surface area (Å²) in [5, 5.41) is -0.229. The van der Waals surface area contributed by atoms with Gasteiger partial charge in [-0.3, -0.25) is 0 Å². The standard InChI is InChI=1S/C11H14Cl2Si/c1-2-3-5-8-11(14(12)13)9-6-4-7-10-11/h4,6-7,9,14H,2-3,10H2,1H3. The highest BCUT2D eigenvalue weighted by molar-refractivity contribution is 7.35.